The van der Waals surface area contributed by atoms with Gasteiger partial charge in [0.1, 0.15) is 5.69 Å². The zero-order valence-corrected chi connectivity index (χ0v) is 15.6. The van der Waals surface area contributed by atoms with E-state index in [2.05, 4.69) is 4.98 Å². The molecular formula is C17H23N3O5S. The average Bonchev–Trinajstić information content (AvgIpc) is 3.02. The summed E-state index contributed by atoms with van der Waals surface area (Å²) in [5.74, 6) is -0.411. The maximum atomic E-state index is 12.8. The van der Waals surface area contributed by atoms with Crippen LogP contribution in [0.3, 0.4) is 0 Å². The van der Waals surface area contributed by atoms with Crippen molar-refractivity contribution in [2.24, 2.45) is 0 Å². The van der Waals surface area contributed by atoms with Crippen LogP contribution in [0.25, 0.3) is 0 Å². The molecule has 0 N–H and O–H groups in total. The van der Waals surface area contributed by atoms with Gasteiger partial charge in [0.05, 0.1) is 24.7 Å². The zero-order chi connectivity index (χ0) is 18.7. The van der Waals surface area contributed by atoms with Crippen molar-refractivity contribution in [2.75, 3.05) is 44.4 Å². The molecule has 9 heteroatoms. The van der Waals surface area contributed by atoms with Gasteiger partial charge in [0.15, 0.2) is 9.84 Å². The van der Waals surface area contributed by atoms with E-state index in [0.717, 1.165) is 0 Å². The van der Waals surface area contributed by atoms with Crippen molar-refractivity contribution in [3.63, 3.8) is 0 Å². The molecule has 0 saturated carbocycles. The summed E-state index contributed by atoms with van der Waals surface area (Å²) < 4.78 is 28.7. The molecule has 8 nitrogen and oxygen atoms in total. The lowest BCUT2D eigenvalue weighted by Crippen LogP contribution is -2.42. The smallest absolute Gasteiger partial charge is 0.272 e. The van der Waals surface area contributed by atoms with Crippen molar-refractivity contribution in [1.82, 2.24) is 14.8 Å². The predicted octanol–water partition coefficient (Wildman–Crippen LogP) is 0.203. The first-order valence-electron chi connectivity index (χ1n) is 8.76. The van der Waals surface area contributed by atoms with Crippen LogP contribution in [0.1, 0.15) is 34.2 Å². The second kappa shape index (κ2) is 7.71. The molecule has 1 atom stereocenters. The highest BCUT2D eigenvalue weighted by Crippen LogP contribution is 2.20. The van der Waals surface area contributed by atoms with E-state index in [0.29, 0.717) is 44.8 Å². The molecule has 1 unspecified atom stereocenters. The number of hydrogen-bond donors (Lipinski definition) is 0. The van der Waals surface area contributed by atoms with E-state index in [4.69, 9.17) is 4.74 Å². The van der Waals surface area contributed by atoms with Gasteiger partial charge in [-0.2, -0.15) is 0 Å². The lowest BCUT2D eigenvalue weighted by molar-refractivity contribution is 0.0303. The molecule has 0 aliphatic carbocycles. The molecule has 1 aromatic heterocycles. The normalized spacial score (nSPS) is 22.2. The summed E-state index contributed by atoms with van der Waals surface area (Å²) >= 11 is 0. The van der Waals surface area contributed by atoms with Crippen molar-refractivity contribution in [3.05, 3.63) is 29.6 Å². The van der Waals surface area contributed by atoms with Crippen molar-refractivity contribution < 1.29 is 22.7 Å². The van der Waals surface area contributed by atoms with Crippen LogP contribution in [0.4, 0.5) is 0 Å². The number of aromatic nitrogens is 1. The van der Waals surface area contributed by atoms with Gasteiger partial charge in [-0.25, -0.2) is 8.42 Å². The molecule has 1 aromatic rings. The van der Waals surface area contributed by atoms with E-state index in [-0.39, 0.29) is 35.1 Å². The molecule has 2 amide bonds. The van der Waals surface area contributed by atoms with Crippen LogP contribution in [0, 0.1) is 0 Å². The van der Waals surface area contributed by atoms with Crippen LogP contribution in [0.15, 0.2) is 18.3 Å². The fourth-order valence-corrected chi connectivity index (χ4v) is 5.10. The molecule has 2 aliphatic rings. The van der Waals surface area contributed by atoms with Crippen molar-refractivity contribution in [1.29, 1.82) is 0 Å². The third-order valence-electron chi connectivity index (χ3n) is 4.78. The van der Waals surface area contributed by atoms with Crippen molar-refractivity contribution >= 4 is 21.7 Å². The number of nitrogens with zero attached hydrogens (tertiary/aromatic N) is 3. The van der Waals surface area contributed by atoms with Crippen LogP contribution in [0.5, 0.6) is 0 Å². The number of carbonyl (C=O) groups is 2. The molecule has 0 spiro atoms. The molecule has 0 bridgehead atoms. The quantitative estimate of drug-likeness (QED) is 0.739. The number of carbonyl (C=O) groups excluding carboxylic acids is 2. The lowest BCUT2D eigenvalue weighted by Gasteiger charge is -2.28. The van der Waals surface area contributed by atoms with Crippen LogP contribution in [-0.4, -0.2) is 85.4 Å². The number of amides is 2. The Bertz CT molecular complexity index is 789. The van der Waals surface area contributed by atoms with Gasteiger partial charge in [-0.15, -0.1) is 0 Å². The Kier molecular flexibility index (Phi) is 5.57. The summed E-state index contributed by atoms with van der Waals surface area (Å²) in [5.41, 5.74) is 0.565. The number of sulfone groups is 1. The van der Waals surface area contributed by atoms with E-state index in [1.165, 1.54) is 17.2 Å². The van der Waals surface area contributed by atoms with Gasteiger partial charge in [0.25, 0.3) is 11.8 Å². The van der Waals surface area contributed by atoms with Gasteiger partial charge in [-0.05, 0) is 25.5 Å². The van der Waals surface area contributed by atoms with Gasteiger partial charge in [0.2, 0.25) is 0 Å². The molecule has 0 radical (unpaired) electrons. The van der Waals surface area contributed by atoms with Gasteiger partial charge >= 0.3 is 0 Å². The molecular weight excluding hydrogens is 358 g/mol. The minimum Gasteiger partial charge on any atom is -0.378 e. The fourth-order valence-electron chi connectivity index (χ4n) is 3.37. The molecule has 3 heterocycles. The third kappa shape index (κ3) is 4.04. The summed E-state index contributed by atoms with van der Waals surface area (Å²) in [6.45, 7) is 4.25. The van der Waals surface area contributed by atoms with E-state index in [1.807, 2.05) is 6.92 Å². The van der Waals surface area contributed by atoms with Crippen LogP contribution >= 0.6 is 0 Å². The Balaban J connectivity index is 1.77. The number of ether oxygens (including phenoxy) is 1. The molecule has 26 heavy (non-hydrogen) atoms. The molecule has 0 aromatic carbocycles. The number of morpholine rings is 1. The van der Waals surface area contributed by atoms with Crippen LogP contribution < -0.4 is 0 Å². The second-order valence-corrected chi connectivity index (χ2v) is 8.71. The lowest BCUT2D eigenvalue weighted by atomic mass is 10.1. The van der Waals surface area contributed by atoms with E-state index in [9.17, 15) is 18.0 Å². The Hall–Kier alpha value is -2.00. The minimum atomic E-state index is -3.09. The number of pyridine rings is 1. The average molecular weight is 381 g/mol. The van der Waals surface area contributed by atoms with E-state index >= 15 is 0 Å². The Morgan fingerprint density at radius 2 is 2.08 bits per heavy atom. The maximum Gasteiger partial charge on any atom is 0.272 e. The summed E-state index contributed by atoms with van der Waals surface area (Å²) in [6, 6.07) is 2.75. The van der Waals surface area contributed by atoms with E-state index in [1.54, 1.807) is 11.0 Å². The first kappa shape index (κ1) is 18.8. The van der Waals surface area contributed by atoms with Gasteiger partial charge in [-0.1, -0.05) is 0 Å². The largest absolute Gasteiger partial charge is 0.378 e. The van der Waals surface area contributed by atoms with Crippen molar-refractivity contribution in [2.45, 2.75) is 19.4 Å². The standard InChI is InChI=1S/C17H23N3O5S/c1-2-20(14-4-10-26(23,24)12-14)17(22)15-11-13(3-5-18-15)16(21)19-6-8-25-9-7-19/h3,5,11,14H,2,4,6-10,12H2,1H3. The summed E-state index contributed by atoms with van der Waals surface area (Å²) in [4.78, 5) is 32.8. The topological polar surface area (TPSA) is 96.9 Å². The summed E-state index contributed by atoms with van der Waals surface area (Å²) in [5, 5.41) is 0. The number of rotatable bonds is 4. The van der Waals surface area contributed by atoms with Gasteiger partial charge in [0, 0.05) is 37.4 Å². The molecule has 142 valence electrons. The highest BCUT2D eigenvalue weighted by molar-refractivity contribution is 7.91. The molecule has 2 fully saturated rings. The van der Waals surface area contributed by atoms with Crippen LogP contribution in [0.2, 0.25) is 0 Å². The van der Waals surface area contributed by atoms with E-state index < -0.39 is 9.84 Å². The first-order valence-corrected chi connectivity index (χ1v) is 10.6. The minimum absolute atomic E-state index is 0.0149. The number of hydrogen-bond acceptors (Lipinski definition) is 6. The summed E-state index contributed by atoms with van der Waals surface area (Å²) in [7, 11) is -3.09. The Morgan fingerprint density at radius 1 is 1.35 bits per heavy atom. The van der Waals surface area contributed by atoms with Gasteiger partial charge in [-0.3, -0.25) is 14.6 Å². The zero-order valence-electron chi connectivity index (χ0n) is 14.8. The van der Waals surface area contributed by atoms with Gasteiger partial charge < -0.3 is 14.5 Å². The highest BCUT2D eigenvalue weighted by atomic mass is 32.2. The van der Waals surface area contributed by atoms with Crippen molar-refractivity contribution in [3.8, 4) is 0 Å². The predicted molar refractivity (Wildman–Crippen MR) is 94.7 cm³/mol. The Labute approximate surface area is 153 Å². The molecule has 3 rings (SSSR count). The highest BCUT2D eigenvalue weighted by Gasteiger charge is 2.34. The maximum absolute atomic E-state index is 12.8. The molecule has 2 saturated heterocycles. The third-order valence-corrected chi connectivity index (χ3v) is 6.53. The molecule has 2 aliphatic heterocycles. The monoisotopic (exact) mass is 381 g/mol. The SMILES string of the molecule is CCN(C(=O)c1cc(C(=O)N2CCOCC2)ccn1)C1CCS(=O)(=O)C1. The first-order chi connectivity index (χ1) is 12.4. The fraction of sp³-hybridized carbons (Fsp3) is 0.588. The summed E-state index contributed by atoms with van der Waals surface area (Å²) in [6.07, 6.45) is 1.88. The second-order valence-electron chi connectivity index (χ2n) is 6.48. The van der Waals surface area contributed by atoms with Crippen LogP contribution in [-0.2, 0) is 14.6 Å². The Morgan fingerprint density at radius 3 is 2.69 bits per heavy atom.